The van der Waals surface area contributed by atoms with Gasteiger partial charge in [-0.3, -0.25) is 4.79 Å². The van der Waals surface area contributed by atoms with Crippen LogP contribution < -0.4 is 4.74 Å². The molecule has 104 valence electrons. The van der Waals surface area contributed by atoms with Crippen LogP contribution in [-0.4, -0.2) is 19.0 Å². The van der Waals surface area contributed by atoms with E-state index in [0.717, 1.165) is 5.56 Å². The van der Waals surface area contributed by atoms with E-state index in [1.54, 1.807) is 18.2 Å². The molecule has 2 aromatic carbocycles. The predicted molar refractivity (Wildman–Crippen MR) is 79.2 cm³/mol. The van der Waals surface area contributed by atoms with Gasteiger partial charge in [-0.25, -0.2) is 0 Å². The van der Waals surface area contributed by atoms with Gasteiger partial charge in [0.05, 0.1) is 12.2 Å². The zero-order chi connectivity index (χ0) is 14.7. The van der Waals surface area contributed by atoms with Crippen LogP contribution in [0.1, 0.15) is 15.9 Å². The first kappa shape index (κ1) is 13.4. The first-order chi connectivity index (χ1) is 10.3. The van der Waals surface area contributed by atoms with Gasteiger partial charge < -0.3 is 9.47 Å². The molecule has 0 bridgehead atoms. The maximum Gasteiger partial charge on any atom is 0.205 e. The third kappa shape index (κ3) is 2.42. The SMILES string of the molecule is C#CCOc1ccccc1C(=O)C1(c2ccccc2)CO1. The van der Waals surface area contributed by atoms with Crippen molar-refractivity contribution in [2.24, 2.45) is 0 Å². The third-order valence-electron chi connectivity index (χ3n) is 3.48. The Morgan fingerprint density at radius 1 is 1.19 bits per heavy atom. The molecule has 1 aliphatic rings. The van der Waals surface area contributed by atoms with E-state index in [1.807, 2.05) is 36.4 Å². The molecule has 2 aromatic rings. The zero-order valence-corrected chi connectivity index (χ0v) is 11.4. The molecule has 0 radical (unpaired) electrons. The second kappa shape index (κ2) is 5.43. The monoisotopic (exact) mass is 278 g/mol. The largest absolute Gasteiger partial charge is 0.480 e. The van der Waals surface area contributed by atoms with Gasteiger partial charge in [0.15, 0.2) is 5.60 Å². The van der Waals surface area contributed by atoms with Gasteiger partial charge in [0, 0.05) is 0 Å². The average molecular weight is 278 g/mol. The summed E-state index contributed by atoms with van der Waals surface area (Å²) in [5, 5.41) is 0. The highest BCUT2D eigenvalue weighted by molar-refractivity contribution is 6.06. The van der Waals surface area contributed by atoms with E-state index in [1.165, 1.54) is 0 Å². The number of para-hydroxylation sites is 1. The molecule has 3 nitrogen and oxygen atoms in total. The quantitative estimate of drug-likeness (QED) is 0.479. The van der Waals surface area contributed by atoms with Gasteiger partial charge in [-0.2, -0.15) is 0 Å². The third-order valence-corrected chi connectivity index (χ3v) is 3.48. The van der Waals surface area contributed by atoms with Gasteiger partial charge in [-0.05, 0) is 17.7 Å². The molecule has 3 heteroatoms. The number of ketones is 1. The number of hydrogen-bond acceptors (Lipinski definition) is 3. The lowest BCUT2D eigenvalue weighted by Crippen LogP contribution is -2.23. The Balaban J connectivity index is 1.95. The van der Waals surface area contributed by atoms with Gasteiger partial charge in [-0.15, -0.1) is 6.42 Å². The zero-order valence-electron chi connectivity index (χ0n) is 11.4. The van der Waals surface area contributed by atoms with Gasteiger partial charge in [-0.1, -0.05) is 48.4 Å². The summed E-state index contributed by atoms with van der Waals surface area (Å²) in [5.41, 5.74) is 0.479. The van der Waals surface area contributed by atoms with E-state index >= 15 is 0 Å². The van der Waals surface area contributed by atoms with E-state index in [0.29, 0.717) is 17.9 Å². The van der Waals surface area contributed by atoms with Crippen molar-refractivity contribution in [1.29, 1.82) is 0 Å². The summed E-state index contributed by atoms with van der Waals surface area (Å²) < 4.78 is 11.0. The minimum atomic E-state index is -0.878. The number of terminal acetylenes is 1. The second-order valence-corrected chi connectivity index (χ2v) is 4.80. The van der Waals surface area contributed by atoms with Crippen molar-refractivity contribution < 1.29 is 14.3 Å². The first-order valence-electron chi connectivity index (χ1n) is 6.67. The second-order valence-electron chi connectivity index (χ2n) is 4.80. The van der Waals surface area contributed by atoms with Gasteiger partial charge in [0.1, 0.15) is 12.4 Å². The molecule has 0 saturated carbocycles. The molecule has 1 saturated heterocycles. The first-order valence-corrected chi connectivity index (χ1v) is 6.67. The summed E-state index contributed by atoms with van der Waals surface area (Å²) in [6, 6.07) is 16.6. The summed E-state index contributed by atoms with van der Waals surface area (Å²) in [6.07, 6.45) is 5.21. The number of ether oxygens (including phenoxy) is 2. The van der Waals surface area contributed by atoms with Gasteiger partial charge >= 0.3 is 0 Å². The Kier molecular flexibility index (Phi) is 3.47. The van der Waals surface area contributed by atoms with Crippen LogP contribution in [-0.2, 0) is 10.3 Å². The lowest BCUT2D eigenvalue weighted by molar-refractivity contribution is 0.0867. The smallest absolute Gasteiger partial charge is 0.205 e. The molecule has 1 heterocycles. The standard InChI is InChI=1S/C18H14O3/c1-2-12-20-16-11-7-6-10-15(16)17(19)18(13-21-18)14-8-4-3-5-9-14/h1,3-11H,12-13H2. The topological polar surface area (TPSA) is 38.8 Å². The van der Waals surface area contributed by atoms with Crippen molar-refractivity contribution >= 4 is 5.78 Å². The van der Waals surface area contributed by atoms with Crippen molar-refractivity contribution in [1.82, 2.24) is 0 Å². The van der Waals surface area contributed by atoms with E-state index in [2.05, 4.69) is 5.92 Å². The summed E-state index contributed by atoms with van der Waals surface area (Å²) in [5.74, 6) is 2.80. The van der Waals surface area contributed by atoms with Crippen LogP contribution in [0.25, 0.3) is 0 Å². The molecule has 0 amide bonds. The fourth-order valence-electron chi connectivity index (χ4n) is 2.33. The molecule has 3 rings (SSSR count). The van der Waals surface area contributed by atoms with Crippen LogP contribution in [0.2, 0.25) is 0 Å². The normalized spacial score (nSPS) is 19.6. The van der Waals surface area contributed by atoms with E-state index < -0.39 is 5.60 Å². The number of epoxide rings is 1. The summed E-state index contributed by atoms with van der Waals surface area (Å²) in [7, 11) is 0. The summed E-state index contributed by atoms with van der Waals surface area (Å²) >= 11 is 0. The van der Waals surface area contributed by atoms with Crippen molar-refractivity contribution in [3.8, 4) is 18.1 Å². The van der Waals surface area contributed by atoms with Crippen LogP contribution in [0.3, 0.4) is 0 Å². The molecular weight excluding hydrogens is 264 g/mol. The van der Waals surface area contributed by atoms with Gasteiger partial charge in [0.2, 0.25) is 5.78 Å². The molecule has 1 fully saturated rings. The Labute approximate surface area is 123 Å². The van der Waals surface area contributed by atoms with E-state index in [9.17, 15) is 4.79 Å². The Morgan fingerprint density at radius 2 is 1.86 bits per heavy atom. The number of Topliss-reactive ketones (excluding diaryl/α,β-unsaturated/α-hetero) is 1. The molecule has 0 spiro atoms. The Bertz CT molecular complexity index is 694. The van der Waals surface area contributed by atoms with Crippen molar-refractivity contribution in [3.05, 3.63) is 65.7 Å². The molecule has 1 unspecified atom stereocenters. The highest BCUT2D eigenvalue weighted by Gasteiger charge is 2.54. The lowest BCUT2D eigenvalue weighted by Gasteiger charge is -2.14. The van der Waals surface area contributed by atoms with E-state index in [-0.39, 0.29) is 12.4 Å². The summed E-state index contributed by atoms with van der Waals surface area (Å²) in [6.45, 7) is 0.517. The number of carbonyl (C=O) groups is 1. The van der Waals surface area contributed by atoms with E-state index in [4.69, 9.17) is 15.9 Å². The van der Waals surface area contributed by atoms with Crippen LogP contribution in [0.15, 0.2) is 54.6 Å². The van der Waals surface area contributed by atoms with Crippen LogP contribution in [0, 0.1) is 12.3 Å². The van der Waals surface area contributed by atoms with Crippen molar-refractivity contribution in [2.45, 2.75) is 5.60 Å². The summed E-state index contributed by atoms with van der Waals surface area (Å²) in [4.78, 5) is 12.9. The number of carbonyl (C=O) groups excluding carboxylic acids is 1. The minimum Gasteiger partial charge on any atom is -0.480 e. The predicted octanol–water partition coefficient (Wildman–Crippen LogP) is 2.81. The van der Waals surface area contributed by atoms with Crippen LogP contribution in [0.4, 0.5) is 0 Å². The Morgan fingerprint density at radius 3 is 2.52 bits per heavy atom. The molecule has 0 aromatic heterocycles. The molecule has 1 aliphatic heterocycles. The molecule has 0 N–H and O–H groups in total. The Hall–Kier alpha value is -2.57. The molecule has 21 heavy (non-hydrogen) atoms. The number of hydrogen-bond donors (Lipinski definition) is 0. The fraction of sp³-hybridized carbons (Fsp3) is 0.167. The number of benzene rings is 2. The average Bonchev–Trinajstić information content (AvgIpc) is 3.35. The maximum absolute atomic E-state index is 12.9. The number of rotatable bonds is 5. The van der Waals surface area contributed by atoms with Crippen LogP contribution in [0.5, 0.6) is 5.75 Å². The van der Waals surface area contributed by atoms with Crippen molar-refractivity contribution in [2.75, 3.05) is 13.2 Å². The molecule has 1 atom stereocenters. The minimum absolute atomic E-state index is 0.0960. The fourth-order valence-corrected chi connectivity index (χ4v) is 2.33. The highest BCUT2D eigenvalue weighted by atomic mass is 16.6. The molecule has 0 aliphatic carbocycles. The van der Waals surface area contributed by atoms with Crippen LogP contribution >= 0.6 is 0 Å². The maximum atomic E-state index is 12.9. The lowest BCUT2D eigenvalue weighted by atomic mass is 9.91. The van der Waals surface area contributed by atoms with Crippen molar-refractivity contribution in [3.63, 3.8) is 0 Å². The highest BCUT2D eigenvalue weighted by Crippen LogP contribution is 2.43. The molecular formula is C18H14O3. The van der Waals surface area contributed by atoms with Gasteiger partial charge in [0.25, 0.3) is 0 Å².